The minimum Gasteiger partial charge on any atom is -0.270 e. The molecule has 0 spiro atoms. The Morgan fingerprint density at radius 3 is 1.77 bits per heavy atom. The van der Waals surface area contributed by atoms with E-state index in [0.717, 1.165) is 0 Å². The first-order chi connectivity index (χ1) is 5.76. The van der Waals surface area contributed by atoms with Crippen LogP contribution in [0.5, 0.6) is 0 Å². The van der Waals surface area contributed by atoms with Gasteiger partial charge in [-0.25, -0.2) is 0 Å². The summed E-state index contributed by atoms with van der Waals surface area (Å²) < 4.78 is 0. The second kappa shape index (κ2) is 2.72. The highest BCUT2D eigenvalue weighted by atomic mass is 16.2. The number of imide groups is 1. The van der Waals surface area contributed by atoms with Crippen molar-refractivity contribution in [1.82, 2.24) is 4.90 Å². The Kier molecular flexibility index (Phi) is 2.10. The van der Waals surface area contributed by atoms with E-state index < -0.39 is 5.54 Å². The molecule has 1 aliphatic heterocycles. The van der Waals surface area contributed by atoms with Crippen molar-refractivity contribution in [3.05, 3.63) is 11.0 Å². The van der Waals surface area contributed by atoms with E-state index in [-0.39, 0.29) is 17.3 Å². The fourth-order valence-corrected chi connectivity index (χ4v) is 1.27. The summed E-state index contributed by atoms with van der Waals surface area (Å²) in [5, 5.41) is 0. The molecule has 2 radical (unpaired) electrons. The smallest absolute Gasteiger partial charge is 0.256 e. The van der Waals surface area contributed by atoms with Crippen molar-refractivity contribution in [3.63, 3.8) is 0 Å². The Bertz CT molecular complexity index is 288. The predicted octanol–water partition coefficient (Wildman–Crippen LogP) is 0.596. The first-order valence-electron chi connectivity index (χ1n) is 4.12. The van der Waals surface area contributed by atoms with Gasteiger partial charge in [-0.15, -0.1) is 0 Å². The molecule has 3 nitrogen and oxygen atoms in total. The lowest BCUT2D eigenvalue weighted by Gasteiger charge is -2.30. The number of hydrogen-bond donors (Lipinski definition) is 0. The van der Waals surface area contributed by atoms with E-state index in [2.05, 4.69) is 0 Å². The van der Waals surface area contributed by atoms with Crippen LogP contribution in [0.25, 0.3) is 0 Å². The van der Waals surface area contributed by atoms with Crippen LogP contribution in [0.2, 0.25) is 0 Å². The summed E-state index contributed by atoms with van der Waals surface area (Å²) in [5.74, 6) is -0.662. The number of amides is 2. The maximum atomic E-state index is 11.5. The van der Waals surface area contributed by atoms with Gasteiger partial charge in [0.05, 0.1) is 0 Å². The van der Waals surface area contributed by atoms with Crippen LogP contribution < -0.4 is 0 Å². The van der Waals surface area contributed by atoms with Crippen molar-refractivity contribution in [2.75, 3.05) is 0 Å². The number of nitrogens with zero attached hydrogens (tertiary/aromatic N) is 1. The average molecular weight is 177 g/mol. The van der Waals surface area contributed by atoms with Crippen molar-refractivity contribution in [2.45, 2.75) is 33.2 Å². The van der Waals surface area contributed by atoms with E-state index in [1.54, 1.807) is 27.7 Å². The van der Waals surface area contributed by atoms with Crippen LogP contribution in [0.15, 0.2) is 11.0 Å². The zero-order chi connectivity index (χ0) is 10.4. The Morgan fingerprint density at radius 1 is 1.15 bits per heavy atom. The number of carbonyl (C=O) groups excluding carboxylic acids is 2. The highest BCUT2D eigenvalue weighted by molar-refractivity contribution is 6.43. The third kappa shape index (κ3) is 1.41. The Balaban J connectivity index is 3.12. The molecule has 1 heterocycles. The van der Waals surface area contributed by atoms with Gasteiger partial charge in [0.15, 0.2) is 0 Å². The lowest BCUT2D eigenvalue weighted by molar-refractivity contribution is -0.142. The molecule has 4 heteroatoms. The highest BCUT2D eigenvalue weighted by Crippen LogP contribution is 2.25. The summed E-state index contributed by atoms with van der Waals surface area (Å²) in [4.78, 5) is 24.2. The summed E-state index contributed by atoms with van der Waals surface area (Å²) in [6.07, 6.45) is 0. The molecule has 0 saturated heterocycles. The molecule has 0 aromatic heterocycles. The van der Waals surface area contributed by atoms with Crippen LogP contribution in [0.4, 0.5) is 0 Å². The van der Waals surface area contributed by atoms with Gasteiger partial charge in [-0.3, -0.25) is 14.5 Å². The largest absolute Gasteiger partial charge is 0.270 e. The molecule has 1 aliphatic rings. The zero-order valence-corrected chi connectivity index (χ0v) is 8.34. The SMILES string of the molecule is [B]C1=C(C)C(=O)N(C(C)(C)C)C1=O. The molecule has 68 valence electrons. The Hall–Kier alpha value is -1.06. The predicted molar refractivity (Wildman–Crippen MR) is 50.1 cm³/mol. The Labute approximate surface area is 79.2 Å². The summed E-state index contributed by atoms with van der Waals surface area (Å²) >= 11 is 0. The molecule has 2 amide bonds. The van der Waals surface area contributed by atoms with Crippen molar-refractivity contribution < 1.29 is 9.59 Å². The summed E-state index contributed by atoms with van der Waals surface area (Å²) in [6.45, 7) is 6.97. The molecule has 1 rings (SSSR count). The minimum atomic E-state index is -0.503. The van der Waals surface area contributed by atoms with Crippen molar-refractivity contribution in [1.29, 1.82) is 0 Å². The summed E-state index contributed by atoms with van der Waals surface area (Å²) in [7, 11) is 5.47. The average Bonchev–Trinajstić information content (AvgIpc) is 2.14. The van der Waals surface area contributed by atoms with Gasteiger partial charge in [-0.2, -0.15) is 0 Å². The van der Waals surface area contributed by atoms with Crippen molar-refractivity contribution in [2.24, 2.45) is 0 Å². The van der Waals surface area contributed by atoms with Gasteiger partial charge in [0.25, 0.3) is 5.91 Å². The molecule has 0 saturated carbocycles. The minimum absolute atomic E-state index is 0.0694. The van der Waals surface area contributed by atoms with Crippen LogP contribution in [0.1, 0.15) is 27.7 Å². The first kappa shape index (κ1) is 10.0. The maximum Gasteiger partial charge on any atom is 0.256 e. The molecule has 0 N–H and O–H groups in total. The van der Waals surface area contributed by atoms with Gasteiger partial charge in [0.1, 0.15) is 7.85 Å². The lowest BCUT2D eigenvalue weighted by Crippen LogP contribution is -2.46. The molecule has 0 aliphatic carbocycles. The molecule has 0 atom stereocenters. The van der Waals surface area contributed by atoms with E-state index in [1.807, 2.05) is 0 Å². The third-order valence-corrected chi connectivity index (χ3v) is 2.03. The van der Waals surface area contributed by atoms with Crippen LogP contribution in [-0.2, 0) is 9.59 Å². The molecule has 0 aromatic carbocycles. The van der Waals surface area contributed by atoms with Crippen LogP contribution in [-0.4, -0.2) is 30.1 Å². The van der Waals surface area contributed by atoms with Crippen molar-refractivity contribution >= 4 is 19.7 Å². The fraction of sp³-hybridized carbons (Fsp3) is 0.556. The van der Waals surface area contributed by atoms with Gasteiger partial charge in [-0.05, 0) is 33.2 Å². The van der Waals surface area contributed by atoms with Crippen LogP contribution in [0.3, 0.4) is 0 Å². The zero-order valence-electron chi connectivity index (χ0n) is 8.34. The van der Waals surface area contributed by atoms with E-state index in [4.69, 9.17) is 7.85 Å². The standard InChI is InChI=1S/C9H12BNO2/c1-5-6(10)8(13)11(7(5)12)9(2,3)4/h1-4H3. The second-order valence-corrected chi connectivity index (χ2v) is 4.16. The van der Waals surface area contributed by atoms with E-state index in [9.17, 15) is 9.59 Å². The fourth-order valence-electron chi connectivity index (χ4n) is 1.27. The number of rotatable bonds is 0. The molecule has 13 heavy (non-hydrogen) atoms. The Morgan fingerprint density at radius 2 is 1.62 bits per heavy atom. The van der Waals surface area contributed by atoms with Gasteiger partial charge in [-0.1, -0.05) is 0 Å². The van der Waals surface area contributed by atoms with Gasteiger partial charge >= 0.3 is 0 Å². The van der Waals surface area contributed by atoms with Gasteiger partial charge in [0.2, 0.25) is 5.91 Å². The lowest BCUT2D eigenvalue weighted by atomic mass is 9.92. The molecular weight excluding hydrogens is 165 g/mol. The molecule has 0 aromatic rings. The molecular formula is C9H12BNO2. The van der Waals surface area contributed by atoms with Crippen LogP contribution in [0, 0.1) is 0 Å². The van der Waals surface area contributed by atoms with E-state index >= 15 is 0 Å². The number of carbonyl (C=O) groups is 2. The molecule has 0 fully saturated rings. The first-order valence-corrected chi connectivity index (χ1v) is 4.12. The summed E-state index contributed by atoms with van der Waals surface area (Å²) in [6, 6.07) is 0. The maximum absolute atomic E-state index is 11.5. The van der Waals surface area contributed by atoms with Crippen molar-refractivity contribution in [3.8, 4) is 0 Å². The number of hydrogen-bond acceptors (Lipinski definition) is 2. The summed E-state index contributed by atoms with van der Waals surface area (Å²) in [5.41, 5.74) is -0.0869. The van der Waals surface area contributed by atoms with Gasteiger partial charge in [0, 0.05) is 11.1 Å². The normalized spacial score (nSPS) is 18.9. The molecule has 0 unspecified atom stereocenters. The quantitative estimate of drug-likeness (QED) is 0.401. The second-order valence-electron chi connectivity index (χ2n) is 4.16. The topological polar surface area (TPSA) is 37.4 Å². The van der Waals surface area contributed by atoms with Gasteiger partial charge < -0.3 is 0 Å². The third-order valence-electron chi connectivity index (χ3n) is 2.03. The monoisotopic (exact) mass is 177 g/mol. The van der Waals surface area contributed by atoms with E-state index in [1.165, 1.54) is 4.90 Å². The van der Waals surface area contributed by atoms with E-state index in [0.29, 0.717) is 5.57 Å². The van der Waals surface area contributed by atoms with Crippen LogP contribution >= 0.6 is 0 Å². The highest BCUT2D eigenvalue weighted by Gasteiger charge is 2.39. The molecule has 0 bridgehead atoms.